The van der Waals surface area contributed by atoms with Crippen LogP contribution in [0.25, 0.3) is 0 Å². The Kier molecular flexibility index (Phi) is 3.60. The number of nitrogens with two attached hydrogens (primary N) is 1. The first kappa shape index (κ1) is 10.2. The molecular formula is C12H22N2. The van der Waals surface area contributed by atoms with E-state index in [2.05, 4.69) is 17.5 Å². The fourth-order valence-electron chi connectivity index (χ4n) is 2.81. The summed E-state index contributed by atoms with van der Waals surface area (Å²) >= 11 is 0. The van der Waals surface area contributed by atoms with E-state index in [1.165, 1.54) is 38.5 Å². The van der Waals surface area contributed by atoms with E-state index in [9.17, 15) is 0 Å². The van der Waals surface area contributed by atoms with Gasteiger partial charge < -0.3 is 11.1 Å². The van der Waals surface area contributed by atoms with Gasteiger partial charge in [0.1, 0.15) is 0 Å². The van der Waals surface area contributed by atoms with E-state index < -0.39 is 0 Å². The third kappa shape index (κ3) is 2.37. The van der Waals surface area contributed by atoms with Crippen molar-refractivity contribution in [3.63, 3.8) is 0 Å². The van der Waals surface area contributed by atoms with Gasteiger partial charge in [-0.2, -0.15) is 0 Å². The smallest absolute Gasteiger partial charge is 0.0221 e. The van der Waals surface area contributed by atoms with Crippen LogP contribution in [0.4, 0.5) is 0 Å². The van der Waals surface area contributed by atoms with Crippen molar-refractivity contribution in [1.29, 1.82) is 0 Å². The molecule has 1 unspecified atom stereocenters. The second-order valence-electron chi connectivity index (χ2n) is 4.69. The highest BCUT2D eigenvalue weighted by atomic mass is 15.0. The molecule has 2 heteroatoms. The van der Waals surface area contributed by atoms with Gasteiger partial charge in [0.2, 0.25) is 0 Å². The number of nitrogens with one attached hydrogen (secondary N) is 1. The molecule has 0 aliphatic heterocycles. The molecule has 0 spiro atoms. The van der Waals surface area contributed by atoms with Crippen molar-refractivity contribution < 1.29 is 0 Å². The molecule has 0 aromatic heterocycles. The van der Waals surface area contributed by atoms with Gasteiger partial charge in [0.05, 0.1) is 0 Å². The van der Waals surface area contributed by atoms with Gasteiger partial charge in [-0.1, -0.05) is 25.0 Å². The summed E-state index contributed by atoms with van der Waals surface area (Å²) in [5.41, 5.74) is 5.85. The summed E-state index contributed by atoms with van der Waals surface area (Å²) in [6, 6.07) is 1.24. The standard InChI is InChI=1S/C12H22N2/c13-9-12(10-5-1-2-6-10)14-11-7-3-4-8-11/h3-4,10-12,14H,1-2,5-9,13H2. The Bertz CT molecular complexity index is 186. The van der Waals surface area contributed by atoms with Gasteiger partial charge in [0, 0.05) is 18.6 Å². The maximum atomic E-state index is 5.85. The monoisotopic (exact) mass is 194 g/mol. The van der Waals surface area contributed by atoms with Crippen molar-refractivity contribution in [3.05, 3.63) is 12.2 Å². The first-order valence-electron chi connectivity index (χ1n) is 6.01. The molecule has 0 aromatic rings. The molecule has 80 valence electrons. The van der Waals surface area contributed by atoms with Crippen LogP contribution in [0.1, 0.15) is 38.5 Å². The molecule has 14 heavy (non-hydrogen) atoms. The minimum atomic E-state index is 0.572. The molecule has 2 aliphatic rings. The lowest BCUT2D eigenvalue weighted by Gasteiger charge is -2.26. The molecule has 0 saturated heterocycles. The topological polar surface area (TPSA) is 38.0 Å². The van der Waals surface area contributed by atoms with E-state index in [1.807, 2.05) is 0 Å². The third-order valence-corrected chi connectivity index (χ3v) is 3.68. The normalized spacial score (nSPS) is 26.1. The van der Waals surface area contributed by atoms with E-state index in [1.54, 1.807) is 0 Å². The summed E-state index contributed by atoms with van der Waals surface area (Å²) in [7, 11) is 0. The van der Waals surface area contributed by atoms with Crippen molar-refractivity contribution in [1.82, 2.24) is 5.32 Å². The Balaban J connectivity index is 1.79. The highest BCUT2D eigenvalue weighted by molar-refractivity contribution is 4.99. The molecular weight excluding hydrogens is 172 g/mol. The molecule has 0 amide bonds. The Morgan fingerprint density at radius 3 is 2.43 bits per heavy atom. The van der Waals surface area contributed by atoms with Crippen molar-refractivity contribution in [2.45, 2.75) is 50.6 Å². The first-order valence-corrected chi connectivity index (χ1v) is 6.01. The highest BCUT2D eigenvalue weighted by Gasteiger charge is 2.25. The van der Waals surface area contributed by atoms with Gasteiger partial charge in [0.25, 0.3) is 0 Å². The molecule has 3 N–H and O–H groups in total. The lowest BCUT2D eigenvalue weighted by atomic mass is 9.97. The van der Waals surface area contributed by atoms with Gasteiger partial charge in [-0.25, -0.2) is 0 Å². The van der Waals surface area contributed by atoms with Crippen LogP contribution in [0.2, 0.25) is 0 Å². The van der Waals surface area contributed by atoms with Gasteiger partial charge >= 0.3 is 0 Å². The van der Waals surface area contributed by atoms with Crippen molar-refractivity contribution in [3.8, 4) is 0 Å². The molecule has 0 bridgehead atoms. The second kappa shape index (κ2) is 4.94. The quantitative estimate of drug-likeness (QED) is 0.670. The van der Waals surface area contributed by atoms with Crippen LogP contribution in [-0.2, 0) is 0 Å². The molecule has 2 rings (SSSR count). The summed E-state index contributed by atoms with van der Waals surface area (Å²) in [6.45, 7) is 0.807. The maximum Gasteiger partial charge on any atom is 0.0221 e. The van der Waals surface area contributed by atoms with E-state index >= 15 is 0 Å². The van der Waals surface area contributed by atoms with Crippen molar-refractivity contribution in [2.24, 2.45) is 11.7 Å². The molecule has 0 aromatic carbocycles. The van der Waals surface area contributed by atoms with Crippen LogP contribution < -0.4 is 11.1 Å². The SMILES string of the molecule is NCC(NC1CC=CC1)C1CCCC1. The lowest BCUT2D eigenvalue weighted by molar-refractivity contribution is 0.331. The average Bonchev–Trinajstić information content (AvgIpc) is 2.86. The van der Waals surface area contributed by atoms with Gasteiger partial charge in [-0.15, -0.1) is 0 Å². The minimum absolute atomic E-state index is 0.572. The predicted octanol–water partition coefficient (Wildman–Crippen LogP) is 1.81. The molecule has 0 radical (unpaired) electrons. The minimum Gasteiger partial charge on any atom is -0.329 e. The second-order valence-corrected chi connectivity index (χ2v) is 4.69. The Labute approximate surface area is 86.9 Å². The van der Waals surface area contributed by atoms with Crippen LogP contribution >= 0.6 is 0 Å². The van der Waals surface area contributed by atoms with E-state index in [0.717, 1.165) is 12.5 Å². The highest BCUT2D eigenvalue weighted by Crippen LogP contribution is 2.28. The van der Waals surface area contributed by atoms with Crippen LogP contribution in [0.3, 0.4) is 0 Å². The Morgan fingerprint density at radius 1 is 1.21 bits per heavy atom. The van der Waals surface area contributed by atoms with Crippen molar-refractivity contribution >= 4 is 0 Å². The average molecular weight is 194 g/mol. The van der Waals surface area contributed by atoms with E-state index in [0.29, 0.717) is 12.1 Å². The summed E-state index contributed by atoms with van der Waals surface area (Å²) in [6.07, 6.45) is 12.5. The van der Waals surface area contributed by atoms with Gasteiger partial charge in [-0.05, 0) is 31.6 Å². The fourth-order valence-corrected chi connectivity index (χ4v) is 2.81. The van der Waals surface area contributed by atoms with Gasteiger partial charge in [0.15, 0.2) is 0 Å². The maximum absolute atomic E-state index is 5.85. The van der Waals surface area contributed by atoms with Crippen LogP contribution in [0.5, 0.6) is 0 Å². The van der Waals surface area contributed by atoms with Crippen LogP contribution in [0, 0.1) is 5.92 Å². The van der Waals surface area contributed by atoms with E-state index in [-0.39, 0.29) is 0 Å². The van der Waals surface area contributed by atoms with Crippen LogP contribution in [0.15, 0.2) is 12.2 Å². The zero-order valence-electron chi connectivity index (χ0n) is 8.91. The number of hydrogen-bond acceptors (Lipinski definition) is 2. The van der Waals surface area contributed by atoms with E-state index in [4.69, 9.17) is 5.73 Å². The molecule has 1 fully saturated rings. The number of hydrogen-bond donors (Lipinski definition) is 2. The Hall–Kier alpha value is -0.340. The summed E-state index contributed by atoms with van der Waals surface area (Å²) in [4.78, 5) is 0. The number of rotatable bonds is 4. The van der Waals surface area contributed by atoms with Crippen molar-refractivity contribution in [2.75, 3.05) is 6.54 Å². The summed E-state index contributed by atoms with van der Waals surface area (Å²) < 4.78 is 0. The molecule has 2 aliphatic carbocycles. The molecule has 1 saturated carbocycles. The zero-order chi connectivity index (χ0) is 9.80. The first-order chi connectivity index (χ1) is 6.90. The molecule has 1 atom stereocenters. The molecule has 0 heterocycles. The summed E-state index contributed by atoms with van der Waals surface area (Å²) in [5.74, 6) is 0.848. The zero-order valence-corrected chi connectivity index (χ0v) is 8.91. The Morgan fingerprint density at radius 2 is 1.86 bits per heavy atom. The predicted molar refractivity (Wildman–Crippen MR) is 60.1 cm³/mol. The molecule has 2 nitrogen and oxygen atoms in total. The van der Waals surface area contributed by atoms with Gasteiger partial charge in [-0.3, -0.25) is 0 Å². The third-order valence-electron chi connectivity index (χ3n) is 3.68. The van der Waals surface area contributed by atoms with Crippen LogP contribution in [-0.4, -0.2) is 18.6 Å². The fraction of sp³-hybridized carbons (Fsp3) is 0.833. The lowest BCUT2D eigenvalue weighted by Crippen LogP contribution is -2.45. The largest absolute Gasteiger partial charge is 0.329 e. The summed E-state index contributed by atoms with van der Waals surface area (Å²) in [5, 5.41) is 3.72.